The number of rotatable bonds is 3. The molecule has 1 aliphatic heterocycles. The molecule has 258 valence electrons. The fourth-order valence-corrected chi connectivity index (χ4v) is 5.52. The van der Waals surface area contributed by atoms with Crippen LogP contribution in [0, 0.1) is 0 Å². The van der Waals surface area contributed by atoms with E-state index in [0.717, 1.165) is 54.3 Å². The first-order valence-electron chi connectivity index (χ1n) is 14.8. The second kappa shape index (κ2) is 15.2. The summed E-state index contributed by atoms with van der Waals surface area (Å²) in [5, 5.41) is 19.9. The fourth-order valence-electron chi connectivity index (χ4n) is 5.16. The van der Waals surface area contributed by atoms with Crippen LogP contribution < -0.4 is 5.46 Å². The van der Waals surface area contributed by atoms with E-state index in [9.17, 15) is 0 Å². The molecule has 5 heterocycles. The number of benzene rings is 2. The van der Waals surface area contributed by atoms with Gasteiger partial charge in [0.05, 0.1) is 34.6 Å². The van der Waals surface area contributed by atoms with Crippen LogP contribution >= 0.6 is 39.1 Å². The van der Waals surface area contributed by atoms with E-state index in [4.69, 9.17) is 32.5 Å². The van der Waals surface area contributed by atoms with Gasteiger partial charge in [0.2, 0.25) is 0 Å². The molecule has 0 atom stereocenters. The number of hydrogen-bond donors (Lipinski definition) is 0. The molecule has 0 amide bonds. The Labute approximate surface area is 302 Å². The number of halogens is 3. The van der Waals surface area contributed by atoms with Crippen LogP contribution in [0.1, 0.15) is 49.5 Å². The molecule has 0 radical (unpaired) electrons. The SMILES string of the molecule is C.C.CC(Cl)Cl.Cn1cc(-c2nn(C)c3ccc(B4OC(C)(C)C(C)(C)O4)cc23)cn1.Cn1cc(-c2nn(C)c3ccc(Br)cc23)cn1. The topological polar surface area (TPSA) is 89.7 Å². The first-order valence-corrected chi connectivity index (χ1v) is 16.4. The highest BCUT2D eigenvalue weighted by Gasteiger charge is 2.51. The van der Waals surface area contributed by atoms with Crippen molar-refractivity contribution in [1.82, 2.24) is 39.1 Å². The number of fused-ring (bicyclic) bond motifs is 2. The van der Waals surface area contributed by atoms with Crippen molar-refractivity contribution in [3.63, 3.8) is 0 Å². The van der Waals surface area contributed by atoms with E-state index in [1.165, 1.54) is 0 Å². The molecule has 14 heteroatoms. The smallest absolute Gasteiger partial charge is 0.399 e. The van der Waals surface area contributed by atoms with Gasteiger partial charge in [-0.05, 0) is 64.3 Å². The van der Waals surface area contributed by atoms with E-state index in [2.05, 4.69) is 94.4 Å². The van der Waals surface area contributed by atoms with Gasteiger partial charge in [-0.3, -0.25) is 18.7 Å². The predicted molar refractivity (Wildman–Crippen MR) is 204 cm³/mol. The van der Waals surface area contributed by atoms with Gasteiger partial charge in [0.25, 0.3) is 0 Å². The Morgan fingerprint density at radius 3 is 1.56 bits per heavy atom. The van der Waals surface area contributed by atoms with Crippen LogP contribution in [-0.4, -0.2) is 62.3 Å². The lowest BCUT2D eigenvalue weighted by Crippen LogP contribution is -2.41. The lowest BCUT2D eigenvalue weighted by Gasteiger charge is -2.32. The summed E-state index contributed by atoms with van der Waals surface area (Å²) >= 11 is 13.6. The maximum absolute atomic E-state index is 6.19. The summed E-state index contributed by atoms with van der Waals surface area (Å²) in [6.07, 6.45) is 7.62. The third kappa shape index (κ3) is 8.17. The van der Waals surface area contributed by atoms with Crippen LogP contribution in [0.2, 0.25) is 0 Å². The van der Waals surface area contributed by atoms with Gasteiger partial charge in [0.15, 0.2) is 0 Å². The molecular weight excluding hydrogens is 714 g/mol. The third-order valence-electron chi connectivity index (χ3n) is 8.17. The van der Waals surface area contributed by atoms with Gasteiger partial charge in [0, 0.05) is 67.0 Å². The fraction of sp³-hybridized carbons (Fsp3) is 0.412. The first kappa shape index (κ1) is 39.3. The van der Waals surface area contributed by atoms with E-state index in [1.54, 1.807) is 16.3 Å². The van der Waals surface area contributed by atoms with Crippen molar-refractivity contribution < 1.29 is 9.31 Å². The molecule has 0 spiro atoms. The molecule has 4 aromatic heterocycles. The van der Waals surface area contributed by atoms with Gasteiger partial charge in [0.1, 0.15) is 16.2 Å². The average Bonchev–Trinajstić information content (AvgIpc) is 3.77. The minimum atomic E-state index is -0.378. The zero-order valence-corrected chi connectivity index (χ0v) is 30.6. The van der Waals surface area contributed by atoms with Gasteiger partial charge in [-0.25, -0.2) is 0 Å². The molecule has 2 aromatic carbocycles. The van der Waals surface area contributed by atoms with Crippen LogP contribution in [0.25, 0.3) is 44.3 Å². The Bertz CT molecular complexity index is 1980. The highest BCUT2D eigenvalue weighted by molar-refractivity contribution is 9.10. The Balaban J connectivity index is 0.000000237. The van der Waals surface area contributed by atoms with Crippen molar-refractivity contribution in [2.75, 3.05) is 0 Å². The lowest BCUT2D eigenvalue weighted by molar-refractivity contribution is 0.00578. The van der Waals surface area contributed by atoms with Crippen molar-refractivity contribution >= 4 is 73.5 Å². The summed E-state index contributed by atoms with van der Waals surface area (Å²) < 4.78 is 20.8. The maximum Gasteiger partial charge on any atom is 0.494 e. The van der Waals surface area contributed by atoms with Gasteiger partial charge < -0.3 is 9.31 Å². The molecule has 0 saturated carbocycles. The zero-order chi connectivity index (χ0) is 33.6. The second-order valence-electron chi connectivity index (χ2n) is 12.3. The molecule has 0 aliphatic carbocycles. The summed E-state index contributed by atoms with van der Waals surface area (Å²) in [5.41, 5.74) is 6.41. The molecule has 6 aromatic rings. The number of alkyl halides is 2. The molecule has 0 N–H and O–H groups in total. The minimum Gasteiger partial charge on any atom is -0.399 e. The monoisotopic (exact) mass is 758 g/mol. The quantitative estimate of drug-likeness (QED) is 0.134. The first-order chi connectivity index (χ1) is 21.6. The van der Waals surface area contributed by atoms with Crippen molar-refractivity contribution in [3.8, 4) is 22.5 Å². The predicted octanol–water partition coefficient (Wildman–Crippen LogP) is 8.09. The summed E-state index contributed by atoms with van der Waals surface area (Å²) in [5.74, 6) is 0. The largest absolute Gasteiger partial charge is 0.494 e. The maximum atomic E-state index is 6.19. The van der Waals surface area contributed by atoms with Gasteiger partial charge in [-0.1, -0.05) is 42.9 Å². The van der Waals surface area contributed by atoms with Crippen molar-refractivity contribution in [1.29, 1.82) is 0 Å². The summed E-state index contributed by atoms with van der Waals surface area (Å²) in [6, 6.07) is 12.4. The van der Waals surface area contributed by atoms with Gasteiger partial charge >= 0.3 is 7.12 Å². The minimum absolute atomic E-state index is 0. The van der Waals surface area contributed by atoms with Gasteiger partial charge in [-0.15, -0.1) is 23.2 Å². The van der Waals surface area contributed by atoms with Crippen LogP contribution in [0.3, 0.4) is 0 Å². The number of aromatic nitrogens is 8. The molecule has 0 unspecified atom stereocenters. The normalized spacial score (nSPS) is 14.6. The van der Waals surface area contributed by atoms with E-state index in [0.29, 0.717) is 0 Å². The van der Waals surface area contributed by atoms with Crippen molar-refractivity contribution in [2.45, 2.75) is 65.5 Å². The van der Waals surface area contributed by atoms with Crippen LogP contribution in [0.4, 0.5) is 0 Å². The number of aryl methyl sites for hydroxylation is 4. The summed E-state index contributed by atoms with van der Waals surface area (Å²) in [6.45, 7) is 9.96. The van der Waals surface area contributed by atoms with Crippen LogP contribution in [0.5, 0.6) is 0 Å². The Hall–Kier alpha value is -3.16. The Morgan fingerprint density at radius 2 is 1.15 bits per heavy atom. The molecule has 48 heavy (non-hydrogen) atoms. The van der Waals surface area contributed by atoms with E-state index in [1.807, 2.05) is 68.4 Å². The average molecular weight is 760 g/mol. The van der Waals surface area contributed by atoms with E-state index in [-0.39, 0.29) is 38.0 Å². The van der Waals surface area contributed by atoms with E-state index >= 15 is 0 Å². The molecule has 10 nitrogen and oxygen atoms in total. The number of nitrogens with zero attached hydrogens (tertiary/aromatic N) is 8. The molecule has 1 aliphatic rings. The van der Waals surface area contributed by atoms with Crippen molar-refractivity contribution in [2.24, 2.45) is 28.2 Å². The summed E-state index contributed by atoms with van der Waals surface area (Å²) in [4.78, 5) is -0.222. The highest BCUT2D eigenvalue weighted by atomic mass is 79.9. The molecular formula is C34H46BBrCl2N8O2. The van der Waals surface area contributed by atoms with E-state index < -0.39 is 0 Å². The lowest BCUT2D eigenvalue weighted by atomic mass is 9.78. The second-order valence-corrected chi connectivity index (χ2v) is 14.7. The molecule has 1 saturated heterocycles. The molecule has 7 rings (SSSR count). The van der Waals surface area contributed by atoms with Crippen molar-refractivity contribution in [3.05, 3.63) is 65.7 Å². The number of hydrogen-bond acceptors (Lipinski definition) is 6. The third-order valence-corrected chi connectivity index (χ3v) is 8.66. The van der Waals surface area contributed by atoms with Crippen LogP contribution in [-0.2, 0) is 37.5 Å². The summed E-state index contributed by atoms with van der Waals surface area (Å²) in [7, 11) is 7.35. The Kier molecular flexibility index (Phi) is 12.4. The Morgan fingerprint density at radius 1 is 0.729 bits per heavy atom. The highest BCUT2D eigenvalue weighted by Crippen LogP contribution is 2.37. The standard InChI is InChI=1S/C18H23BN4O2.C12H11BrN4.C2H4Cl2.2CH4/c1-17(2)18(3,4)25-19(24-17)13-7-8-15-14(9-13)16(21-23(15)6)12-10-20-22(5)11-12;1-16-7-8(6-14-16)12-10-5-9(13)3-4-11(10)17(2)15-12;1-2(3)4;;/h7-11H,1-6H3;3-7H,1-2H3;2H,1H3;2*1H4. The molecule has 0 bridgehead atoms. The zero-order valence-electron chi connectivity index (χ0n) is 27.5. The molecule has 1 fully saturated rings. The van der Waals surface area contributed by atoms with Gasteiger partial charge in [-0.2, -0.15) is 20.4 Å². The van der Waals surface area contributed by atoms with Crippen LogP contribution in [0.15, 0.2) is 65.7 Å².